The maximum absolute atomic E-state index is 12.4. The van der Waals surface area contributed by atoms with Crippen LogP contribution < -0.4 is 5.32 Å². The molecule has 0 radical (unpaired) electrons. The Morgan fingerprint density at radius 2 is 2.17 bits per heavy atom. The molecule has 0 aromatic carbocycles. The molecule has 0 bridgehead atoms. The average Bonchev–Trinajstić information content (AvgIpc) is 2.88. The first-order valence-corrected chi connectivity index (χ1v) is 8.00. The fourth-order valence-corrected chi connectivity index (χ4v) is 2.59. The highest BCUT2D eigenvalue weighted by atomic mass is 16.5. The summed E-state index contributed by atoms with van der Waals surface area (Å²) in [4.78, 5) is 23.7. The standard InChI is InChI=1S/C16H25N3O4/c1-16(2,3)23-9-7-12(15(21)22)18-14(20)11-10-17-19-8-5-4-6-13(11)19/h10,12H,4-9H2,1-3H3,(H,18,20)(H,21,22). The zero-order valence-corrected chi connectivity index (χ0v) is 14.0. The van der Waals surface area contributed by atoms with E-state index in [1.165, 1.54) is 6.20 Å². The fraction of sp³-hybridized carbons (Fsp3) is 0.688. The van der Waals surface area contributed by atoms with Crippen LogP contribution in [0.3, 0.4) is 0 Å². The number of fused-ring (bicyclic) bond motifs is 1. The third-order valence-electron chi connectivity index (χ3n) is 3.77. The molecule has 1 unspecified atom stereocenters. The normalized spacial score (nSPS) is 15.8. The number of rotatable bonds is 6. The second kappa shape index (κ2) is 7.12. The molecule has 1 aliphatic heterocycles. The number of nitrogens with zero attached hydrogens (tertiary/aromatic N) is 2. The molecule has 0 aliphatic carbocycles. The molecule has 0 saturated heterocycles. The van der Waals surface area contributed by atoms with Crippen molar-refractivity contribution in [3.63, 3.8) is 0 Å². The van der Waals surface area contributed by atoms with Gasteiger partial charge >= 0.3 is 5.97 Å². The van der Waals surface area contributed by atoms with E-state index in [0.717, 1.165) is 31.5 Å². The van der Waals surface area contributed by atoms with Crippen LogP contribution >= 0.6 is 0 Å². The molecule has 1 aromatic rings. The molecule has 2 rings (SSSR count). The van der Waals surface area contributed by atoms with Gasteiger partial charge in [0, 0.05) is 19.6 Å². The minimum atomic E-state index is -1.06. The Kier molecular flexibility index (Phi) is 5.41. The van der Waals surface area contributed by atoms with Crippen LogP contribution in [-0.4, -0.2) is 45.0 Å². The van der Waals surface area contributed by atoms with Crippen LogP contribution in [0.15, 0.2) is 6.20 Å². The van der Waals surface area contributed by atoms with Gasteiger partial charge in [-0.3, -0.25) is 9.48 Å². The topological polar surface area (TPSA) is 93.5 Å². The van der Waals surface area contributed by atoms with Gasteiger partial charge in [-0.1, -0.05) is 0 Å². The van der Waals surface area contributed by atoms with E-state index in [0.29, 0.717) is 5.56 Å². The fourth-order valence-electron chi connectivity index (χ4n) is 2.59. The predicted molar refractivity (Wildman–Crippen MR) is 84.4 cm³/mol. The number of amides is 1. The second-order valence-electron chi connectivity index (χ2n) is 6.80. The highest BCUT2D eigenvalue weighted by molar-refractivity contribution is 5.97. The quantitative estimate of drug-likeness (QED) is 0.829. The number of carbonyl (C=O) groups is 2. The summed E-state index contributed by atoms with van der Waals surface area (Å²) in [6.45, 7) is 6.79. The van der Waals surface area contributed by atoms with Crippen LogP contribution in [0.2, 0.25) is 0 Å². The lowest BCUT2D eigenvalue weighted by Crippen LogP contribution is -2.42. The zero-order valence-electron chi connectivity index (χ0n) is 14.0. The van der Waals surface area contributed by atoms with Crippen molar-refractivity contribution in [1.29, 1.82) is 0 Å². The van der Waals surface area contributed by atoms with Gasteiger partial charge < -0.3 is 15.2 Å². The van der Waals surface area contributed by atoms with E-state index in [1.807, 2.05) is 25.5 Å². The Hall–Kier alpha value is -1.89. The number of hydrogen-bond donors (Lipinski definition) is 2. The van der Waals surface area contributed by atoms with E-state index in [-0.39, 0.29) is 24.5 Å². The van der Waals surface area contributed by atoms with Crippen molar-refractivity contribution in [1.82, 2.24) is 15.1 Å². The highest BCUT2D eigenvalue weighted by Gasteiger charge is 2.25. The number of aliphatic carboxylic acids is 1. The summed E-state index contributed by atoms with van der Waals surface area (Å²) in [6.07, 6.45) is 4.63. The molecule has 23 heavy (non-hydrogen) atoms. The van der Waals surface area contributed by atoms with Crippen LogP contribution in [0, 0.1) is 0 Å². The lowest BCUT2D eigenvalue weighted by molar-refractivity contribution is -0.140. The van der Waals surface area contributed by atoms with E-state index in [1.54, 1.807) is 0 Å². The van der Waals surface area contributed by atoms with Crippen molar-refractivity contribution in [2.24, 2.45) is 0 Å². The molecule has 2 heterocycles. The summed E-state index contributed by atoms with van der Waals surface area (Å²) in [5.41, 5.74) is 1.04. The van der Waals surface area contributed by atoms with Gasteiger partial charge in [0.05, 0.1) is 23.1 Å². The number of carboxylic acids is 1. The number of nitrogens with one attached hydrogen (secondary N) is 1. The van der Waals surface area contributed by atoms with Crippen molar-refractivity contribution in [3.8, 4) is 0 Å². The Morgan fingerprint density at radius 1 is 1.43 bits per heavy atom. The molecule has 1 amide bonds. The number of carboxylic acid groups (broad SMARTS) is 1. The number of aryl methyl sites for hydroxylation is 1. The predicted octanol–water partition coefficient (Wildman–Crippen LogP) is 1.61. The summed E-state index contributed by atoms with van der Waals surface area (Å²) in [5, 5.41) is 16.1. The van der Waals surface area contributed by atoms with Gasteiger partial charge in [0.1, 0.15) is 6.04 Å². The second-order valence-corrected chi connectivity index (χ2v) is 6.80. The molecule has 7 heteroatoms. The Bertz CT molecular complexity index is 574. The minimum absolute atomic E-state index is 0.224. The number of hydrogen-bond acceptors (Lipinski definition) is 4. The molecule has 2 N–H and O–H groups in total. The largest absolute Gasteiger partial charge is 0.480 e. The van der Waals surface area contributed by atoms with Gasteiger partial charge in [0.25, 0.3) is 5.91 Å². The summed E-state index contributed by atoms with van der Waals surface area (Å²) in [6, 6.07) is -0.969. The van der Waals surface area contributed by atoms with Crippen LogP contribution in [0.25, 0.3) is 0 Å². The van der Waals surface area contributed by atoms with Crippen LogP contribution in [0.5, 0.6) is 0 Å². The Balaban J connectivity index is 1.98. The molecular weight excluding hydrogens is 298 g/mol. The van der Waals surface area contributed by atoms with Crippen LogP contribution in [-0.2, 0) is 22.5 Å². The zero-order chi connectivity index (χ0) is 17.0. The first-order chi connectivity index (χ1) is 10.8. The van der Waals surface area contributed by atoms with E-state index in [2.05, 4.69) is 10.4 Å². The van der Waals surface area contributed by atoms with Gasteiger partial charge in [-0.25, -0.2) is 4.79 Å². The number of carbonyl (C=O) groups excluding carboxylic acids is 1. The highest BCUT2D eigenvalue weighted by Crippen LogP contribution is 2.18. The van der Waals surface area contributed by atoms with Gasteiger partial charge in [-0.05, 0) is 40.0 Å². The molecule has 0 spiro atoms. The maximum Gasteiger partial charge on any atom is 0.326 e. The van der Waals surface area contributed by atoms with E-state index >= 15 is 0 Å². The summed E-state index contributed by atoms with van der Waals surface area (Å²) >= 11 is 0. The maximum atomic E-state index is 12.4. The monoisotopic (exact) mass is 323 g/mol. The first-order valence-electron chi connectivity index (χ1n) is 8.00. The Labute approximate surface area is 136 Å². The third-order valence-corrected chi connectivity index (χ3v) is 3.77. The van der Waals surface area contributed by atoms with Gasteiger partial charge in [-0.15, -0.1) is 0 Å². The smallest absolute Gasteiger partial charge is 0.326 e. The molecule has 128 valence electrons. The lowest BCUT2D eigenvalue weighted by Gasteiger charge is -2.21. The lowest BCUT2D eigenvalue weighted by atomic mass is 10.1. The van der Waals surface area contributed by atoms with Crippen molar-refractivity contribution in [2.45, 2.75) is 64.6 Å². The molecule has 1 aliphatic rings. The SMILES string of the molecule is CC(C)(C)OCCC(NC(=O)c1cnn2c1CCCC2)C(=O)O. The van der Waals surface area contributed by atoms with Crippen molar-refractivity contribution in [3.05, 3.63) is 17.5 Å². The van der Waals surface area contributed by atoms with E-state index in [4.69, 9.17) is 4.74 Å². The molecule has 7 nitrogen and oxygen atoms in total. The molecular formula is C16H25N3O4. The minimum Gasteiger partial charge on any atom is -0.480 e. The number of aromatic nitrogens is 2. The average molecular weight is 323 g/mol. The van der Waals surface area contributed by atoms with Crippen LogP contribution in [0.4, 0.5) is 0 Å². The van der Waals surface area contributed by atoms with E-state index in [9.17, 15) is 14.7 Å². The van der Waals surface area contributed by atoms with E-state index < -0.39 is 12.0 Å². The first kappa shape index (κ1) is 17.5. The van der Waals surface area contributed by atoms with Gasteiger partial charge in [0.15, 0.2) is 0 Å². The van der Waals surface area contributed by atoms with Crippen molar-refractivity contribution in [2.75, 3.05) is 6.61 Å². The molecule has 1 aromatic heterocycles. The van der Waals surface area contributed by atoms with Gasteiger partial charge in [-0.2, -0.15) is 5.10 Å². The molecule has 1 atom stereocenters. The summed E-state index contributed by atoms with van der Waals surface area (Å²) in [7, 11) is 0. The van der Waals surface area contributed by atoms with Crippen molar-refractivity contribution >= 4 is 11.9 Å². The van der Waals surface area contributed by atoms with Crippen molar-refractivity contribution < 1.29 is 19.4 Å². The summed E-state index contributed by atoms with van der Waals surface area (Å²) in [5.74, 6) is -1.44. The van der Waals surface area contributed by atoms with Crippen LogP contribution in [0.1, 0.15) is 56.1 Å². The third kappa shape index (κ3) is 4.79. The molecule has 0 saturated carbocycles. The number of ether oxygens (including phenoxy) is 1. The Morgan fingerprint density at radius 3 is 2.83 bits per heavy atom. The summed E-state index contributed by atoms with van der Waals surface area (Å²) < 4.78 is 7.37. The molecule has 0 fully saturated rings. The van der Waals surface area contributed by atoms with Gasteiger partial charge in [0.2, 0.25) is 0 Å².